The standard InChI is InChI=1S/C24H22FN5O3/c1-2-20(17-5-3-4-6-18(17)25)30-13-19(27-28-30)14-7-8-16-15(11-14)12-29(24(16)33)21-9-10-22(31)26-23(21)32/h3-8,11,13,20-21H,2,9-10,12H2,1H3,(H,26,31,32)/t20-,21?/m0/s1. The number of rotatable bonds is 5. The minimum atomic E-state index is -0.655. The Morgan fingerprint density at radius 3 is 2.76 bits per heavy atom. The fourth-order valence-corrected chi connectivity index (χ4v) is 4.59. The maximum atomic E-state index is 14.3. The molecule has 9 heteroatoms. The van der Waals surface area contributed by atoms with Crippen LogP contribution in [0.5, 0.6) is 0 Å². The van der Waals surface area contributed by atoms with Gasteiger partial charge in [-0.05, 0) is 36.6 Å². The second kappa shape index (κ2) is 8.23. The predicted octanol–water partition coefficient (Wildman–Crippen LogP) is 2.84. The van der Waals surface area contributed by atoms with Crippen molar-refractivity contribution in [3.63, 3.8) is 0 Å². The van der Waals surface area contributed by atoms with E-state index in [9.17, 15) is 18.8 Å². The summed E-state index contributed by atoms with van der Waals surface area (Å²) in [5.41, 5.74) is 3.27. The first-order valence-corrected chi connectivity index (χ1v) is 10.9. The summed E-state index contributed by atoms with van der Waals surface area (Å²) in [5.74, 6) is -1.26. The highest BCUT2D eigenvalue weighted by atomic mass is 19.1. The Morgan fingerprint density at radius 1 is 1.18 bits per heavy atom. The third-order valence-corrected chi connectivity index (χ3v) is 6.30. The van der Waals surface area contributed by atoms with Crippen molar-refractivity contribution in [2.75, 3.05) is 0 Å². The first kappa shape index (κ1) is 21.0. The number of aromatic nitrogens is 3. The number of imide groups is 1. The third kappa shape index (κ3) is 3.69. The molecule has 3 amide bonds. The number of benzene rings is 2. The maximum Gasteiger partial charge on any atom is 0.255 e. The fourth-order valence-electron chi connectivity index (χ4n) is 4.59. The Labute approximate surface area is 189 Å². The van der Waals surface area contributed by atoms with Crippen LogP contribution in [-0.2, 0) is 16.1 Å². The van der Waals surface area contributed by atoms with Gasteiger partial charge in [-0.2, -0.15) is 0 Å². The van der Waals surface area contributed by atoms with Crippen LogP contribution < -0.4 is 5.32 Å². The van der Waals surface area contributed by atoms with Crippen molar-refractivity contribution < 1.29 is 18.8 Å². The van der Waals surface area contributed by atoms with Gasteiger partial charge in [0.25, 0.3) is 5.91 Å². The van der Waals surface area contributed by atoms with E-state index in [1.54, 1.807) is 41.2 Å². The SMILES string of the molecule is CC[C@@H](c1ccccc1F)n1cc(-c2ccc3c(c2)CN(C2CCC(=O)NC2=O)C3=O)nn1. The molecule has 1 N–H and O–H groups in total. The van der Waals surface area contributed by atoms with E-state index in [0.717, 1.165) is 11.1 Å². The average molecular weight is 447 g/mol. The number of nitrogens with one attached hydrogen (secondary N) is 1. The lowest BCUT2D eigenvalue weighted by atomic mass is 10.0. The molecule has 2 atom stereocenters. The largest absolute Gasteiger partial charge is 0.322 e. The number of carbonyl (C=O) groups excluding carboxylic acids is 3. The van der Waals surface area contributed by atoms with Crippen molar-refractivity contribution in [2.45, 2.75) is 44.8 Å². The predicted molar refractivity (Wildman–Crippen MR) is 116 cm³/mol. The summed E-state index contributed by atoms with van der Waals surface area (Å²) in [6, 6.07) is 11.1. The molecule has 0 aliphatic carbocycles. The van der Waals surface area contributed by atoms with Crippen LogP contribution in [0.2, 0.25) is 0 Å². The number of fused-ring (bicyclic) bond motifs is 1. The normalized spacial score (nSPS) is 18.9. The molecule has 2 aliphatic heterocycles. The summed E-state index contributed by atoms with van der Waals surface area (Å²) < 4.78 is 16.0. The summed E-state index contributed by atoms with van der Waals surface area (Å²) >= 11 is 0. The van der Waals surface area contributed by atoms with Crippen LogP contribution in [0.4, 0.5) is 4.39 Å². The lowest BCUT2D eigenvalue weighted by molar-refractivity contribution is -0.136. The first-order chi connectivity index (χ1) is 16.0. The summed E-state index contributed by atoms with van der Waals surface area (Å²) in [6.07, 6.45) is 2.95. The van der Waals surface area contributed by atoms with E-state index >= 15 is 0 Å². The minimum absolute atomic E-state index is 0.214. The van der Waals surface area contributed by atoms with Gasteiger partial charge in [-0.3, -0.25) is 19.7 Å². The molecule has 0 spiro atoms. The molecule has 0 bridgehead atoms. The molecule has 2 aromatic carbocycles. The zero-order chi connectivity index (χ0) is 23.1. The van der Waals surface area contributed by atoms with Crippen molar-refractivity contribution in [2.24, 2.45) is 0 Å². The lowest BCUT2D eigenvalue weighted by Gasteiger charge is -2.29. The van der Waals surface area contributed by atoms with Crippen molar-refractivity contribution in [1.29, 1.82) is 0 Å². The Kier molecular flexibility index (Phi) is 5.24. The molecule has 0 radical (unpaired) electrons. The Balaban J connectivity index is 1.40. The van der Waals surface area contributed by atoms with Crippen LogP contribution in [0.3, 0.4) is 0 Å². The van der Waals surface area contributed by atoms with Crippen LogP contribution in [0.1, 0.15) is 53.7 Å². The Bertz CT molecular complexity index is 1270. The molecular formula is C24H22FN5O3. The van der Waals surface area contributed by atoms with Gasteiger partial charge in [0.05, 0.1) is 12.2 Å². The van der Waals surface area contributed by atoms with E-state index in [2.05, 4.69) is 15.6 Å². The van der Waals surface area contributed by atoms with Crippen LogP contribution in [0.15, 0.2) is 48.7 Å². The summed E-state index contributed by atoms with van der Waals surface area (Å²) in [6.45, 7) is 2.25. The highest BCUT2D eigenvalue weighted by molar-refractivity contribution is 6.05. The summed E-state index contributed by atoms with van der Waals surface area (Å²) in [4.78, 5) is 38.1. The van der Waals surface area contributed by atoms with E-state index in [1.165, 1.54) is 11.0 Å². The molecule has 3 aromatic rings. The van der Waals surface area contributed by atoms with Crippen LogP contribution >= 0.6 is 0 Å². The highest BCUT2D eigenvalue weighted by Gasteiger charge is 2.39. The number of amides is 3. The minimum Gasteiger partial charge on any atom is -0.322 e. The molecule has 8 nitrogen and oxygen atoms in total. The number of hydrogen-bond acceptors (Lipinski definition) is 5. The lowest BCUT2D eigenvalue weighted by Crippen LogP contribution is -2.52. The Morgan fingerprint density at radius 2 is 2.00 bits per heavy atom. The summed E-state index contributed by atoms with van der Waals surface area (Å²) in [5, 5.41) is 10.8. The first-order valence-electron chi connectivity index (χ1n) is 10.9. The molecule has 1 aromatic heterocycles. The molecule has 1 fully saturated rings. The number of hydrogen-bond donors (Lipinski definition) is 1. The van der Waals surface area contributed by atoms with E-state index in [0.29, 0.717) is 29.7 Å². The maximum absolute atomic E-state index is 14.3. The van der Waals surface area contributed by atoms with Crippen LogP contribution in [0.25, 0.3) is 11.3 Å². The van der Waals surface area contributed by atoms with Gasteiger partial charge >= 0.3 is 0 Å². The molecule has 33 heavy (non-hydrogen) atoms. The van der Waals surface area contributed by atoms with Crippen molar-refractivity contribution in [1.82, 2.24) is 25.2 Å². The second-order valence-corrected chi connectivity index (χ2v) is 8.30. The van der Waals surface area contributed by atoms with Gasteiger partial charge in [0.15, 0.2) is 0 Å². The topological polar surface area (TPSA) is 97.2 Å². The zero-order valence-electron chi connectivity index (χ0n) is 18.0. The van der Waals surface area contributed by atoms with Crippen molar-refractivity contribution >= 4 is 17.7 Å². The number of nitrogens with zero attached hydrogens (tertiary/aromatic N) is 4. The van der Waals surface area contributed by atoms with E-state index in [1.807, 2.05) is 13.0 Å². The number of piperidine rings is 1. The highest BCUT2D eigenvalue weighted by Crippen LogP contribution is 2.31. The monoisotopic (exact) mass is 447 g/mol. The van der Waals surface area contributed by atoms with Gasteiger partial charge in [0.1, 0.15) is 17.6 Å². The molecule has 5 rings (SSSR count). The van der Waals surface area contributed by atoms with Gasteiger partial charge in [-0.1, -0.05) is 36.4 Å². The van der Waals surface area contributed by atoms with E-state index in [4.69, 9.17) is 0 Å². The summed E-state index contributed by atoms with van der Waals surface area (Å²) in [7, 11) is 0. The Hall–Kier alpha value is -3.88. The van der Waals surface area contributed by atoms with Gasteiger partial charge < -0.3 is 4.90 Å². The zero-order valence-corrected chi connectivity index (χ0v) is 18.0. The number of halogens is 1. The fraction of sp³-hybridized carbons (Fsp3) is 0.292. The smallest absolute Gasteiger partial charge is 0.255 e. The molecule has 1 saturated heterocycles. The van der Waals surface area contributed by atoms with E-state index < -0.39 is 11.9 Å². The average Bonchev–Trinajstić information content (AvgIpc) is 3.41. The van der Waals surface area contributed by atoms with Crippen LogP contribution in [0, 0.1) is 5.82 Å². The second-order valence-electron chi connectivity index (χ2n) is 8.30. The molecule has 168 valence electrons. The van der Waals surface area contributed by atoms with Gasteiger partial charge in [-0.25, -0.2) is 9.07 Å². The molecule has 2 aliphatic rings. The van der Waals surface area contributed by atoms with Gasteiger partial charge in [0.2, 0.25) is 11.8 Å². The van der Waals surface area contributed by atoms with Gasteiger partial charge in [0, 0.05) is 29.7 Å². The number of carbonyl (C=O) groups is 3. The van der Waals surface area contributed by atoms with E-state index in [-0.39, 0.29) is 36.6 Å². The third-order valence-electron chi connectivity index (χ3n) is 6.30. The van der Waals surface area contributed by atoms with Crippen LogP contribution in [-0.4, -0.2) is 43.7 Å². The molecular weight excluding hydrogens is 425 g/mol. The molecule has 0 saturated carbocycles. The quantitative estimate of drug-likeness (QED) is 0.607. The van der Waals surface area contributed by atoms with Gasteiger partial charge in [-0.15, -0.1) is 5.10 Å². The molecule has 3 heterocycles. The van der Waals surface area contributed by atoms with Crippen molar-refractivity contribution in [3.05, 3.63) is 71.2 Å². The van der Waals surface area contributed by atoms with Crippen molar-refractivity contribution in [3.8, 4) is 11.3 Å². The molecule has 1 unspecified atom stereocenters.